The third-order valence-corrected chi connectivity index (χ3v) is 5.83. The number of hydrogen-bond acceptors (Lipinski definition) is 4. The fraction of sp³-hybridized carbons (Fsp3) is 0.318. The van der Waals surface area contributed by atoms with E-state index in [0.717, 1.165) is 40.9 Å². The zero-order chi connectivity index (χ0) is 20.4. The average molecular weight is 393 g/mol. The second kappa shape index (κ2) is 7.67. The van der Waals surface area contributed by atoms with Gasteiger partial charge in [0.05, 0.1) is 0 Å². The molecule has 1 aliphatic carbocycles. The van der Waals surface area contributed by atoms with Gasteiger partial charge in [-0.25, -0.2) is 10.3 Å². The van der Waals surface area contributed by atoms with E-state index in [-0.39, 0.29) is 6.54 Å². The average Bonchev–Trinajstić information content (AvgIpc) is 2.89. The molecule has 1 unspecified atom stereocenters. The Bertz CT molecular complexity index is 946. The van der Waals surface area contributed by atoms with Gasteiger partial charge in [0.25, 0.3) is 11.8 Å². The summed E-state index contributed by atoms with van der Waals surface area (Å²) < 4.78 is 0. The van der Waals surface area contributed by atoms with Gasteiger partial charge in [-0.3, -0.25) is 19.7 Å². The van der Waals surface area contributed by atoms with Crippen molar-refractivity contribution in [3.05, 3.63) is 71.3 Å². The van der Waals surface area contributed by atoms with Gasteiger partial charge < -0.3 is 4.90 Å². The number of urea groups is 1. The molecule has 4 rings (SSSR count). The van der Waals surface area contributed by atoms with Gasteiger partial charge in [0.15, 0.2) is 0 Å². The molecule has 1 atom stereocenters. The van der Waals surface area contributed by atoms with Crippen molar-refractivity contribution in [1.82, 2.24) is 15.3 Å². The Kier molecular flexibility index (Phi) is 5.07. The fourth-order valence-electron chi connectivity index (χ4n) is 4.50. The van der Waals surface area contributed by atoms with Crippen LogP contribution in [0.1, 0.15) is 36.0 Å². The van der Waals surface area contributed by atoms with Crippen molar-refractivity contribution in [3.8, 4) is 0 Å². The van der Waals surface area contributed by atoms with Crippen molar-refractivity contribution in [3.63, 3.8) is 0 Å². The van der Waals surface area contributed by atoms with Gasteiger partial charge in [0, 0.05) is 6.54 Å². The molecule has 2 aromatic carbocycles. The maximum absolute atomic E-state index is 13.7. The van der Waals surface area contributed by atoms with E-state index < -0.39 is 29.9 Å². The summed E-state index contributed by atoms with van der Waals surface area (Å²) in [4.78, 5) is 41.3. The maximum atomic E-state index is 13.7. The number of nitrogens with one attached hydrogen (secondary N) is 1. The highest BCUT2D eigenvalue weighted by molar-refractivity contribution is 6.09. The predicted molar refractivity (Wildman–Crippen MR) is 105 cm³/mol. The summed E-state index contributed by atoms with van der Waals surface area (Å²) in [7, 11) is 0. The second-order valence-corrected chi connectivity index (χ2v) is 7.51. The minimum atomic E-state index is -1.14. The Labute approximate surface area is 168 Å². The molecule has 1 heterocycles. The molecule has 2 aromatic rings. The van der Waals surface area contributed by atoms with Gasteiger partial charge in [-0.2, -0.15) is 0 Å². The van der Waals surface area contributed by atoms with E-state index in [1.807, 2.05) is 54.6 Å². The summed E-state index contributed by atoms with van der Waals surface area (Å²) >= 11 is 0. The number of hydrogen-bond donors (Lipinski definition) is 2. The lowest BCUT2D eigenvalue weighted by Gasteiger charge is -2.36. The molecule has 0 radical (unpaired) electrons. The zero-order valence-corrected chi connectivity index (χ0v) is 16.0. The van der Waals surface area contributed by atoms with Crippen LogP contribution >= 0.6 is 0 Å². The topological polar surface area (TPSA) is 90.0 Å². The molecule has 7 nitrogen and oxygen atoms in total. The molecule has 0 bridgehead atoms. The van der Waals surface area contributed by atoms with Crippen molar-refractivity contribution >= 4 is 17.8 Å². The standard InChI is InChI=1S/C22H23N3O4/c26-19(23-29)15-24-20(27)22(13-7-6-11-17-10-4-5-12-18(17)22)25(21(24)28)14-16-8-2-1-3-9-16/h1-5,8-10,12,29H,6-7,11,13-15H2,(H,23,26). The normalized spacial score (nSPS) is 21.3. The molecule has 7 heteroatoms. The van der Waals surface area contributed by atoms with E-state index in [0.29, 0.717) is 6.42 Å². The Balaban J connectivity index is 1.85. The molecule has 4 amide bonds. The van der Waals surface area contributed by atoms with Gasteiger partial charge in [-0.1, -0.05) is 54.6 Å². The fourth-order valence-corrected chi connectivity index (χ4v) is 4.50. The van der Waals surface area contributed by atoms with Gasteiger partial charge in [0.2, 0.25) is 0 Å². The van der Waals surface area contributed by atoms with Gasteiger partial charge in [0.1, 0.15) is 12.1 Å². The molecule has 1 fully saturated rings. The summed E-state index contributed by atoms with van der Waals surface area (Å²) in [6, 6.07) is 16.7. The summed E-state index contributed by atoms with van der Waals surface area (Å²) in [5, 5.41) is 8.91. The monoisotopic (exact) mass is 393 g/mol. The van der Waals surface area contributed by atoms with Crippen LogP contribution in [0.15, 0.2) is 54.6 Å². The third-order valence-electron chi connectivity index (χ3n) is 5.83. The van der Waals surface area contributed by atoms with Crippen LogP contribution in [0.3, 0.4) is 0 Å². The van der Waals surface area contributed by atoms with Crippen molar-refractivity contribution in [2.45, 2.75) is 37.8 Å². The van der Waals surface area contributed by atoms with Crippen LogP contribution < -0.4 is 5.48 Å². The Morgan fingerprint density at radius 3 is 2.52 bits per heavy atom. The van der Waals surface area contributed by atoms with Crippen molar-refractivity contribution in [2.24, 2.45) is 0 Å². The molecule has 1 aliphatic heterocycles. The first kappa shape index (κ1) is 19.1. The summed E-state index contributed by atoms with van der Waals surface area (Å²) in [5.41, 5.74) is 3.16. The number of fused-ring (bicyclic) bond motifs is 2. The van der Waals surface area contributed by atoms with Crippen LogP contribution in [0, 0.1) is 0 Å². The minimum Gasteiger partial charge on any atom is -0.301 e. The molecular weight excluding hydrogens is 370 g/mol. The summed E-state index contributed by atoms with van der Waals surface area (Å²) in [6.07, 6.45) is 3.06. The van der Waals surface area contributed by atoms with Crippen LogP contribution in [0.2, 0.25) is 0 Å². The van der Waals surface area contributed by atoms with E-state index in [1.54, 1.807) is 4.90 Å². The first-order valence-corrected chi connectivity index (χ1v) is 9.77. The van der Waals surface area contributed by atoms with Crippen LogP contribution in [0.4, 0.5) is 4.79 Å². The lowest BCUT2D eigenvalue weighted by Crippen LogP contribution is -2.47. The molecule has 1 saturated heterocycles. The lowest BCUT2D eigenvalue weighted by molar-refractivity contribution is -0.139. The quantitative estimate of drug-likeness (QED) is 0.475. The highest BCUT2D eigenvalue weighted by Crippen LogP contribution is 2.45. The smallest absolute Gasteiger partial charge is 0.301 e. The largest absolute Gasteiger partial charge is 0.328 e. The van der Waals surface area contributed by atoms with Crippen LogP contribution in [-0.2, 0) is 28.1 Å². The molecule has 0 saturated carbocycles. The Morgan fingerprint density at radius 1 is 1.03 bits per heavy atom. The van der Waals surface area contributed by atoms with Crippen molar-refractivity contribution in [1.29, 1.82) is 0 Å². The molecule has 150 valence electrons. The number of imide groups is 1. The number of amides is 4. The van der Waals surface area contributed by atoms with E-state index in [4.69, 9.17) is 5.21 Å². The maximum Gasteiger partial charge on any atom is 0.328 e. The highest BCUT2D eigenvalue weighted by Gasteiger charge is 2.59. The second-order valence-electron chi connectivity index (χ2n) is 7.51. The molecule has 29 heavy (non-hydrogen) atoms. The number of hydroxylamine groups is 1. The Morgan fingerprint density at radius 2 is 1.76 bits per heavy atom. The van der Waals surface area contributed by atoms with Crippen LogP contribution in [0.5, 0.6) is 0 Å². The Hall–Kier alpha value is -3.19. The summed E-state index contributed by atoms with van der Waals surface area (Å²) in [5.74, 6) is -1.21. The number of benzene rings is 2. The number of aryl methyl sites for hydroxylation is 1. The SMILES string of the molecule is O=C(CN1C(=O)N(Cc2ccccc2)C2(CCCCc3ccccc32)C1=O)NO. The van der Waals surface area contributed by atoms with Crippen molar-refractivity contribution < 1.29 is 19.6 Å². The van der Waals surface area contributed by atoms with E-state index in [1.165, 1.54) is 5.48 Å². The molecule has 1 spiro atoms. The van der Waals surface area contributed by atoms with Gasteiger partial charge in [-0.05, 0) is 42.4 Å². The molecular formula is C22H23N3O4. The van der Waals surface area contributed by atoms with Gasteiger partial charge in [-0.15, -0.1) is 0 Å². The molecule has 2 N–H and O–H groups in total. The lowest BCUT2D eigenvalue weighted by atomic mass is 9.82. The number of nitrogens with zero attached hydrogens (tertiary/aromatic N) is 2. The minimum absolute atomic E-state index is 0.261. The van der Waals surface area contributed by atoms with E-state index >= 15 is 0 Å². The first-order chi connectivity index (χ1) is 14.1. The van der Waals surface area contributed by atoms with E-state index in [9.17, 15) is 14.4 Å². The van der Waals surface area contributed by atoms with Crippen LogP contribution in [0.25, 0.3) is 0 Å². The van der Waals surface area contributed by atoms with Gasteiger partial charge >= 0.3 is 6.03 Å². The molecule has 0 aromatic heterocycles. The number of carbonyl (C=O) groups excluding carboxylic acids is 3. The first-order valence-electron chi connectivity index (χ1n) is 9.77. The zero-order valence-electron chi connectivity index (χ0n) is 16.0. The van der Waals surface area contributed by atoms with Crippen LogP contribution in [-0.4, -0.2) is 39.4 Å². The van der Waals surface area contributed by atoms with E-state index in [2.05, 4.69) is 0 Å². The number of rotatable bonds is 4. The highest BCUT2D eigenvalue weighted by atomic mass is 16.5. The number of carbonyl (C=O) groups is 3. The third kappa shape index (κ3) is 3.17. The van der Waals surface area contributed by atoms with Crippen molar-refractivity contribution in [2.75, 3.05) is 6.54 Å². The predicted octanol–water partition coefficient (Wildman–Crippen LogP) is 2.58. The molecule has 2 aliphatic rings. The summed E-state index contributed by atoms with van der Waals surface area (Å²) in [6.45, 7) is -0.250.